The Kier molecular flexibility index (Phi) is 7.55. The van der Waals surface area contributed by atoms with Crippen molar-refractivity contribution in [2.24, 2.45) is 0 Å². The van der Waals surface area contributed by atoms with E-state index in [2.05, 4.69) is 63.7 Å². The predicted molar refractivity (Wildman–Crippen MR) is 155 cm³/mol. The van der Waals surface area contributed by atoms with Gasteiger partial charge in [0.15, 0.2) is 0 Å². The lowest BCUT2D eigenvalue weighted by Crippen LogP contribution is -2.39. The monoisotopic (exact) mass is 546 g/mol. The Morgan fingerprint density at radius 2 is 2.05 bits per heavy atom. The zero-order valence-electron chi connectivity index (χ0n) is 23.2. The van der Waals surface area contributed by atoms with Crippen LogP contribution in [0.2, 0.25) is 0 Å². The predicted octanol–water partition coefficient (Wildman–Crippen LogP) is 5.65. The molecule has 9 heteroatoms. The Labute approximate surface area is 234 Å². The van der Waals surface area contributed by atoms with E-state index in [1.165, 1.54) is 27.0 Å². The molecule has 6 rings (SSSR count). The van der Waals surface area contributed by atoms with Gasteiger partial charge in [0.25, 0.3) is 0 Å². The van der Waals surface area contributed by atoms with E-state index in [0.29, 0.717) is 12.6 Å². The summed E-state index contributed by atoms with van der Waals surface area (Å²) < 4.78 is 14.2. The van der Waals surface area contributed by atoms with E-state index in [-0.39, 0.29) is 5.60 Å². The van der Waals surface area contributed by atoms with Crippen LogP contribution >= 0.6 is 11.3 Å². The number of rotatable bonds is 9. The van der Waals surface area contributed by atoms with Crippen LogP contribution in [-0.4, -0.2) is 55.8 Å². The van der Waals surface area contributed by atoms with Gasteiger partial charge in [0.2, 0.25) is 0 Å². The second-order valence-electron chi connectivity index (χ2n) is 11.4. The van der Waals surface area contributed by atoms with E-state index in [1.807, 2.05) is 18.7 Å². The van der Waals surface area contributed by atoms with E-state index in [0.717, 1.165) is 74.9 Å². The van der Waals surface area contributed by atoms with Crippen LogP contribution in [0.3, 0.4) is 0 Å². The molecule has 5 heterocycles. The van der Waals surface area contributed by atoms with E-state index >= 15 is 0 Å². The first-order valence-corrected chi connectivity index (χ1v) is 14.9. The third-order valence-electron chi connectivity index (χ3n) is 7.70. The number of ether oxygens (including phenoxy) is 2. The molecule has 1 N–H and O–H groups in total. The Morgan fingerprint density at radius 3 is 2.85 bits per heavy atom. The number of imidazole rings is 1. The third kappa shape index (κ3) is 5.95. The summed E-state index contributed by atoms with van der Waals surface area (Å²) in [6.07, 6.45) is 11.5. The molecule has 0 unspecified atom stereocenters. The summed E-state index contributed by atoms with van der Waals surface area (Å²) in [6.45, 7) is 11.7. The summed E-state index contributed by atoms with van der Waals surface area (Å²) in [5.74, 6) is 1.96. The fraction of sp³-hybridized carbons (Fsp3) is 0.500. The molecule has 0 radical (unpaired) electrons. The van der Waals surface area contributed by atoms with Gasteiger partial charge in [-0.25, -0.2) is 15.0 Å². The summed E-state index contributed by atoms with van der Waals surface area (Å²) in [5, 5.41) is 5.00. The van der Waals surface area contributed by atoms with Crippen molar-refractivity contribution in [2.45, 2.75) is 77.8 Å². The number of aromatic nitrogens is 4. The maximum atomic E-state index is 6.05. The molecule has 2 aliphatic heterocycles. The SMILES string of the molecule is CCCOc1ccc(CN2CCC(Nc3ncnc4sc5c(c34)CC(C)(C)OC5)CC2)cc1Cn1ccnc1. The number of nitrogens with zero attached hydrogens (tertiary/aromatic N) is 5. The van der Waals surface area contributed by atoms with Gasteiger partial charge in [-0.1, -0.05) is 13.0 Å². The molecule has 0 amide bonds. The average molecular weight is 547 g/mol. The summed E-state index contributed by atoms with van der Waals surface area (Å²) in [6, 6.07) is 7.07. The minimum absolute atomic E-state index is 0.154. The van der Waals surface area contributed by atoms with Gasteiger partial charge in [-0.05, 0) is 56.4 Å². The third-order valence-corrected chi connectivity index (χ3v) is 8.81. The molecule has 0 saturated carbocycles. The first-order valence-electron chi connectivity index (χ1n) is 14.1. The van der Waals surface area contributed by atoms with Crippen LogP contribution in [0, 0.1) is 0 Å². The van der Waals surface area contributed by atoms with Crippen molar-refractivity contribution >= 4 is 27.4 Å². The minimum atomic E-state index is -0.154. The normalized spacial score (nSPS) is 17.8. The molecule has 1 aromatic carbocycles. The van der Waals surface area contributed by atoms with Crippen molar-refractivity contribution in [1.82, 2.24) is 24.4 Å². The van der Waals surface area contributed by atoms with Crippen molar-refractivity contribution in [3.05, 3.63) is 64.8 Å². The molecular weight excluding hydrogens is 508 g/mol. The van der Waals surface area contributed by atoms with Crippen LogP contribution < -0.4 is 10.1 Å². The second-order valence-corrected chi connectivity index (χ2v) is 12.4. The van der Waals surface area contributed by atoms with Gasteiger partial charge < -0.3 is 19.4 Å². The topological polar surface area (TPSA) is 77.3 Å². The molecule has 206 valence electrons. The molecule has 2 aliphatic rings. The summed E-state index contributed by atoms with van der Waals surface area (Å²) in [4.78, 5) is 18.4. The fourth-order valence-electron chi connectivity index (χ4n) is 5.66. The quantitative estimate of drug-likeness (QED) is 0.291. The Balaban J connectivity index is 1.11. The molecule has 4 aromatic rings. The first kappa shape index (κ1) is 26.2. The van der Waals surface area contributed by atoms with Crippen molar-refractivity contribution < 1.29 is 9.47 Å². The molecule has 0 bridgehead atoms. The molecular formula is C30H38N6O2S. The molecule has 1 fully saturated rings. The van der Waals surface area contributed by atoms with Crippen molar-refractivity contribution in [3.8, 4) is 5.75 Å². The number of anilines is 1. The smallest absolute Gasteiger partial charge is 0.138 e. The zero-order chi connectivity index (χ0) is 26.8. The van der Waals surface area contributed by atoms with E-state index in [4.69, 9.17) is 14.5 Å². The van der Waals surface area contributed by atoms with Gasteiger partial charge in [-0.15, -0.1) is 11.3 Å². The Morgan fingerprint density at radius 1 is 1.18 bits per heavy atom. The Hall–Kier alpha value is -3.01. The number of likely N-dealkylation sites (tertiary alicyclic amines) is 1. The number of thiophene rings is 1. The lowest BCUT2D eigenvalue weighted by molar-refractivity contribution is -0.0379. The van der Waals surface area contributed by atoms with Gasteiger partial charge in [0.05, 0.1) is 37.1 Å². The summed E-state index contributed by atoms with van der Waals surface area (Å²) in [5.41, 5.74) is 3.74. The molecule has 0 aliphatic carbocycles. The number of hydrogen-bond donors (Lipinski definition) is 1. The van der Waals surface area contributed by atoms with Crippen LogP contribution in [0.5, 0.6) is 5.75 Å². The van der Waals surface area contributed by atoms with Gasteiger partial charge in [-0.2, -0.15) is 0 Å². The highest BCUT2D eigenvalue weighted by atomic mass is 32.1. The number of benzene rings is 1. The highest BCUT2D eigenvalue weighted by Gasteiger charge is 2.31. The maximum absolute atomic E-state index is 6.05. The van der Waals surface area contributed by atoms with Crippen LogP contribution in [0.1, 0.15) is 61.6 Å². The highest BCUT2D eigenvalue weighted by molar-refractivity contribution is 7.18. The molecule has 39 heavy (non-hydrogen) atoms. The van der Waals surface area contributed by atoms with Crippen LogP contribution in [0.15, 0.2) is 43.2 Å². The standard InChI is InChI=1S/C30H38N6O2S/c1-4-13-37-25-6-5-21(14-22(25)17-36-12-9-31-20-36)16-35-10-7-23(8-11-35)34-28-27-24-15-30(2,3)38-18-26(24)39-29(27)33-19-32-28/h5-6,9,12,14,19-20,23H,4,7-8,10-11,13,15-18H2,1-3H3,(H,32,33,34). The van der Waals surface area contributed by atoms with Crippen LogP contribution in [0.4, 0.5) is 5.82 Å². The molecule has 1 saturated heterocycles. The number of nitrogens with one attached hydrogen (secondary N) is 1. The summed E-state index contributed by atoms with van der Waals surface area (Å²) >= 11 is 1.75. The van der Waals surface area contributed by atoms with Crippen LogP contribution in [-0.2, 0) is 30.9 Å². The lowest BCUT2D eigenvalue weighted by atomic mass is 9.94. The van der Waals surface area contributed by atoms with E-state index in [9.17, 15) is 0 Å². The lowest BCUT2D eigenvalue weighted by Gasteiger charge is -2.33. The highest BCUT2D eigenvalue weighted by Crippen LogP contribution is 2.40. The number of fused-ring (bicyclic) bond motifs is 3. The maximum Gasteiger partial charge on any atom is 0.138 e. The Bertz CT molecular complexity index is 1410. The number of piperidine rings is 1. The fourth-order valence-corrected chi connectivity index (χ4v) is 6.73. The van der Waals surface area contributed by atoms with Gasteiger partial charge in [0, 0.05) is 54.9 Å². The average Bonchev–Trinajstić information content (AvgIpc) is 3.57. The largest absolute Gasteiger partial charge is 0.493 e. The van der Waals surface area contributed by atoms with Crippen molar-refractivity contribution in [1.29, 1.82) is 0 Å². The zero-order valence-corrected chi connectivity index (χ0v) is 24.0. The first-order chi connectivity index (χ1) is 19.0. The van der Waals surface area contributed by atoms with E-state index in [1.54, 1.807) is 17.7 Å². The van der Waals surface area contributed by atoms with Crippen molar-refractivity contribution in [3.63, 3.8) is 0 Å². The molecule has 3 aromatic heterocycles. The van der Waals surface area contributed by atoms with E-state index < -0.39 is 0 Å². The molecule has 8 nitrogen and oxygen atoms in total. The van der Waals surface area contributed by atoms with Crippen molar-refractivity contribution in [2.75, 3.05) is 25.0 Å². The molecule has 0 atom stereocenters. The molecule has 0 spiro atoms. The van der Waals surface area contributed by atoms with Crippen LogP contribution in [0.25, 0.3) is 10.2 Å². The second kappa shape index (κ2) is 11.2. The van der Waals surface area contributed by atoms with Gasteiger partial charge >= 0.3 is 0 Å². The minimum Gasteiger partial charge on any atom is -0.493 e. The van der Waals surface area contributed by atoms with Gasteiger partial charge in [0.1, 0.15) is 22.7 Å². The summed E-state index contributed by atoms with van der Waals surface area (Å²) in [7, 11) is 0. The van der Waals surface area contributed by atoms with Gasteiger partial charge in [-0.3, -0.25) is 4.90 Å². The number of hydrogen-bond acceptors (Lipinski definition) is 8.